The molecule has 1 amide bonds. The monoisotopic (exact) mass is 388 g/mol. The van der Waals surface area contributed by atoms with Crippen LogP contribution in [0.15, 0.2) is 30.5 Å². The minimum atomic E-state index is -1.38. The number of ether oxygens (including phenoxy) is 2. The van der Waals surface area contributed by atoms with Gasteiger partial charge in [-0.2, -0.15) is 0 Å². The van der Waals surface area contributed by atoms with Crippen molar-refractivity contribution in [1.29, 1.82) is 0 Å². The Morgan fingerprint density at radius 1 is 1.32 bits per heavy atom. The lowest BCUT2D eigenvalue weighted by Gasteiger charge is -2.51. The van der Waals surface area contributed by atoms with Crippen molar-refractivity contribution in [3.05, 3.63) is 41.8 Å². The highest BCUT2D eigenvalue weighted by Crippen LogP contribution is 2.43. The first-order valence-corrected chi connectivity index (χ1v) is 9.52. The molecule has 2 aliphatic heterocycles. The molecule has 1 aromatic carbocycles. The Bertz CT molecular complexity index is 897. The standard InChI is InChI=1S/C21H25FN2O4/c1-20(2,3)28-19(25)24-14-9-21(26,10-15(24)12-27-11-14)16-7-13-5-4-6-23-18(13)8-17(16)22/h4-8,14-15,26H,9-12H2,1-3H3. The van der Waals surface area contributed by atoms with Crippen LogP contribution in [0.3, 0.4) is 0 Å². The van der Waals surface area contributed by atoms with E-state index in [1.165, 1.54) is 6.07 Å². The number of nitrogens with zero attached hydrogens (tertiary/aromatic N) is 2. The van der Waals surface area contributed by atoms with Crippen LogP contribution in [0.4, 0.5) is 9.18 Å². The number of hydrogen-bond donors (Lipinski definition) is 1. The fraction of sp³-hybridized carbons (Fsp3) is 0.524. The Morgan fingerprint density at radius 2 is 2.00 bits per heavy atom. The molecular weight excluding hydrogens is 363 g/mol. The number of aromatic nitrogens is 1. The topological polar surface area (TPSA) is 71.9 Å². The predicted molar refractivity (Wildman–Crippen MR) is 101 cm³/mol. The molecule has 2 unspecified atom stereocenters. The third kappa shape index (κ3) is 3.44. The number of hydrogen-bond acceptors (Lipinski definition) is 5. The summed E-state index contributed by atoms with van der Waals surface area (Å²) in [6.07, 6.45) is 1.56. The molecule has 4 rings (SSSR count). The zero-order valence-electron chi connectivity index (χ0n) is 16.3. The van der Waals surface area contributed by atoms with Gasteiger partial charge in [-0.1, -0.05) is 6.07 Å². The minimum Gasteiger partial charge on any atom is -0.444 e. The third-order valence-electron chi connectivity index (χ3n) is 5.35. The molecule has 0 radical (unpaired) electrons. The third-order valence-corrected chi connectivity index (χ3v) is 5.35. The van der Waals surface area contributed by atoms with Gasteiger partial charge in [0.25, 0.3) is 0 Å². The first-order chi connectivity index (χ1) is 13.2. The summed E-state index contributed by atoms with van der Waals surface area (Å²) < 4.78 is 26.0. The van der Waals surface area contributed by atoms with Crippen LogP contribution in [0.2, 0.25) is 0 Å². The Kier molecular flexibility index (Phi) is 4.55. The first kappa shape index (κ1) is 19.1. The van der Waals surface area contributed by atoms with Crippen molar-refractivity contribution in [3.8, 4) is 0 Å². The van der Waals surface area contributed by atoms with Gasteiger partial charge in [0, 0.05) is 36.1 Å². The molecule has 28 heavy (non-hydrogen) atoms. The number of carbonyl (C=O) groups is 1. The largest absolute Gasteiger partial charge is 0.444 e. The number of rotatable bonds is 1. The molecule has 3 heterocycles. The summed E-state index contributed by atoms with van der Waals surface area (Å²) in [6, 6.07) is 5.88. The second-order valence-corrected chi connectivity index (χ2v) is 8.70. The average molecular weight is 388 g/mol. The van der Waals surface area contributed by atoms with Gasteiger partial charge < -0.3 is 14.6 Å². The lowest BCUT2D eigenvalue weighted by Crippen LogP contribution is -2.63. The Labute approximate surface area is 163 Å². The Morgan fingerprint density at radius 3 is 2.64 bits per heavy atom. The molecule has 2 bridgehead atoms. The van der Waals surface area contributed by atoms with Gasteiger partial charge >= 0.3 is 6.09 Å². The fourth-order valence-electron chi connectivity index (χ4n) is 4.26. The lowest BCUT2D eigenvalue weighted by atomic mass is 9.76. The molecular formula is C21H25FN2O4. The zero-order chi connectivity index (χ0) is 20.1. The number of pyridine rings is 1. The van der Waals surface area contributed by atoms with E-state index in [-0.39, 0.29) is 43.7 Å². The van der Waals surface area contributed by atoms with Crippen LogP contribution in [0.5, 0.6) is 0 Å². The number of morpholine rings is 1. The van der Waals surface area contributed by atoms with E-state index in [4.69, 9.17) is 9.47 Å². The second kappa shape index (κ2) is 6.67. The second-order valence-electron chi connectivity index (χ2n) is 8.70. The van der Waals surface area contributed by atoms with Crippen molar-refractivity contribution >= 4 is 17.0 Å². The fourth-order valence-corrected chi connectivity index (χ4v) is 4.26. The molecule has 150 valence electrons. The Balaban J connectivity index is 1.66. The molecule has 1 N–H and O–H groups in total. The van der Waals surface area contributed by atoms with Crippen LogP contribution in [0.25, 0.3) is 10.9 Å². The molecule has 2 aromatic rings. The average Bonchev–Trinajstić information content (AvgIpc) is 2.58. The van der Waals surface area contributed by atoms with Crippen LogP contribution < -0.4 is 0 Å². The maximum Gasteiger partial charge on any atom is 0.410 e. The van der Waals surface area contributed by atoms with Crippen molar-refractivity contribution in [3.63, 3.8) is 0 Å². The van der Waals surface area contributed by atoms with E-state index in [2.05, 4.69) is 4.98 Å². The van der Waals surface area contributed by atoms with E-state index >= 15 is 0 Å². The van der Waals surface area contributed by atoms with Crippen molar-refractivity contribution in [2.45, 2.75) is 56.9 Å². The van der Waals surface area contributed by atoms with Crippen molar-refractivity contribution in [2.24, 2.45) is 0 Å². The van der Waals surface area contributed by atoms with E-state index in [0.717, 1.165) is 5.39 Å². The predicted octanol–water partition coefficient (Wildman–Crippen LogP) is 3.36. The molecule has 2 fully saturated rings. The number of piperidine rings is 1. The van der Waals surface area contributed by atoms with Gasteiger partial charge in [0.15, 0.2) is 0 Å². The van der Waals surface area contributed by atoms with Crippen LogP contribution in [-0.4, -0.2) is 52.0 Å². The molecule has 2 saturated heterocycles. The normalized spacial score (nSPS) is 27.7. The number of halogens is 1. The van der Waals surface area contributed by atoms with Gasteiger partial charge in [-0.25, -0.2) is 9.18 Å². The van der Waals surface area contributed by atoms with Gasteiger partial charge in [-0.3, -0.25) is 9.88 Å². The van der Waals surface area contributed by atoms with E-state index in [1.54, 1.807) is 23.2 Å². The molecule has 0 spiro atoms. The SMILES string of the molecule is CC(C)(C)OC(=O)N1C2COCC1CC(O)(c1cc3cccnc3cc1F)C2. The van der Waals surface area contributed by atoms with Gasteiger partial charge in [0.05, 0.1) is 36.4 Å². The van der Waals surface area contributed by atoms with E-state index in [0.29, 0.717) is 5.52 Å². The Hall–Kier alpha value is -2.25. The summed E-state index contributed by atoms with van der Waals surface area (Å²) in [6.45, 7) is 6.02. The summed E-state index contributed by atoms with van der Waals surface area (Å²) >= 11 is 0. The van der Waals surface area contributed by atoms with Gasteiger partial charge in [0.1, 0.15) is 11.4 Å². The highest BCUT2D eigenvalue weighted by molar-refractivity contribution is 5.79. The molecule has 2 atom stereocenters. The molecule has 2 aliphatic rings. The van der Waals surface area contributed by atoms with Crippen LogP contribution in [0.1, 0.15) is 39.2 Å². The van der Waals surface area contributed by atoms with Crippen molar-refractivity contribution in [2.75, 3.05) is 13.2 Å². The molecule has 0 saturated carbocycles. The highest BCUT2D eigenvalue weighted by atomic mass is 19.1. The zero-order valence-corrected chi connectivity index (χ0v) is 16.3. The summed E-state index contributed by atoms with van der Waals surface area (Å²) in [4.78, 5) is 18.5. The lowest BCUT2D eigenvalue weighted by molar-refractivity contribution is -0.142. The maximum absolute atomic E-state index is 14.9. The highest BCUT2D eigenvalue weighted by Gasteiger charge is 2.50. The summed E-state index contributed by atoms with van der Waals surface area (Å²) in [7, 11) is 0. The van der Waals surface area contributed by atoms with E-state index < -0.39 is 23.1 Å². The minimum absolute atomic E-state index is 0.186. The number of fused-ring (bicyclic) bond motifs is 3. The summed E-state index contributed by atoms with van der Waals surface area (Å²) in [5, 5.41) is 12.2. The maximum atomic E-state index is 14.9. The van der Waals surface area contributed by atoms with Gasteiger partial charge in [0.2, 0.25) is 0 Å². The van der Waals surface area contributed by atoms with E-state index in [9.17, 15) is 14.3 Å². The van der Waals surface area contributed by atoms with Crippen molar-refractivity contribution in [1.82, 2.24) is 9.88 Å². The quantitative estimate of drug-likeness (QED) is 0.811. The number of amides is 1. The van der Waals surface area contributed by atoms with Gasteiger partial charge in [-0.05, 0) is 32.9 Å². The van der Waals surface area contributed by atoms with E-state index in [1.807, 2.05) is 26.8 Å². The van der Waals surface area contributed by atoms with Crippen molar-refractivity contribution < 1.29 is 23.8 Å². The van der Waals surface area contributed by atoms with Gasteiger partial charge in [-0.15, -0.1) is 0 Å². The van der Waals surface area contributed by atoms with Crippen LogP contribution in [-0.2, 0) is 15.1 Å². The molecule has 1 aromatic heterocycles. The molecule has 0 aliphatic carbocycles. The van der Waals surface area contributed by atoms with Crippen LogP contribution >= 0.6 is 0 Å². The molecule has 7 heteroatoms. The number of aliphatic hydroxyl groups is 1. The summed E-state index contributed by atoms with van der Waals surface area (Å²) in [5.74, 6) is -0.488. The number of carbonyl (C=O) groups excluding carboxylic acids is 1. The number of benzene rings is 1. The summed E-state index contributed by atoms with van der Waals surface area (Å²) in [5.41, 5.74) is -1.21. The first-order valence-electron chi connectivity index (χ1n) is 9.52. The van der Waals surface area contributed by atoms with Crippen LogP contribution in [0, 0.1) is 5.82 Å². The smallest absolute Gasteiger partial charge is 0.410 e. The molecule has 6 nitrogen and oxygen atoms in total.